The summed E-state index contributed by atoms with van der Waals surface area (Å²) < 4.78 is 5.60. The molecule has 0 saturated heterocycles. The minimum absolute atomic E-state index is 0.283. The van der Waals surface area contributed by atoms with Crippen molar-refractivity contribution in [2.45, 2.75) is 90.4 Å². The molecular weight excluding hydrogens is 392 g/mol. The van der Waals surface area contributed by atoms with Gasteiger partial charge in [-0.15, -0.1) is 0 Å². The fourth-order valence-corrected chi connectivity index (χ4v) is 6.13. The van der Waals surface area contributed by atoms with Crippen LogP contribution in [-0.4, -0.2) is 5.97 Å². The molecule has 2 nitrogen and oxygen atoms in total. The Kier molecular flexibility index (Phi) is 8.05. The molecule has 2 aliphatic carbocycles. The van der Waals surface area contributed by atoms with E-state index in [4.69, 9.17) is 4.74 Å². The molecule has 0 N–H and O–H groups in total. The first kappa shape index (κ1) is 23.1. The lowest BCUT2D eigenvalue weighted by Crippen LogP contribution is -2.25. The van der Waals surface area contributed by atoms with Gasteiger partial charge in [-0.25, -0.2) is 4.79 Å². The van der Waals surface area contributed by atoms with Gasteiger partial charge in [-0.2, -0.15) is 0 Å². The first-order valence-corrected chi connectivity index (χ1v) is 13.1. The summed E-state index contributed by atoms with van der Waals surface area (Å²) in [6, 6.07) is 16.0. The van der Waals surface area contributed by atoms with E-state index in [1.807, 2.05) is 36.4 Å². The molecule has 0 amide bonds. The van der Waals surface area contributed by atoms with Gasteiger partial charge in [-0.05, 0) is 104 Å². The monoisotopic (exact) mass is 432 g/mol. The van der Waals surface area contributed by atoms with Crippen molar-refractivity contribution >= 4 is 5.97 Å². The SMILES string of the molecule is CCCC1CCC(C2CCC(c3ccc(OC(=O)c4ccc(CC)cc4)cc3)CC2)CC1. The lowest BCUT2D eigenvalue weighted by atomic mass is 9.68. The maximum Gasteiger partial charge on any atom is 0.343 e. The Morgan fingerprint density at radius 1 is 0.781 bits per heavy atom. The molecule has 0 heterocycles. The van der Waals surface area contributed by atoms with Crippen molar-refractivity contribution in [3.8, 4) is 5.75 Å². The van der Waals surface area contributed by atoms with Gasteiger partial charge >= 0.3 is 5.97 Å². The van der Waals surface area contributed by atoms with E-state index in [0.29, 0.717) is 17.2 Å². The average molecular weight is 433 g/mol. The molecule has 2 aromatic rings. The van der Waals surface area contributed by atoms with Crippen LogP contribution >= 0.6 is 0 Å². The molecule has 32 heavy (non-hydrogen) atoms. The molecular formula is C30H40O2. The molecule has 2 heteroatoms. The van der Waals surface area contributed by atoms with Crippen molar-refractivity contribution in [3.63, 3.8) is 0 Å². The van der Waals surface area contributed by atoms with E-state index in [0.717, 1.165) is 24.2 Å². The Balaban J connectivity index is 1.25. The zero-order valence-electron chi connectivity index (χ0n) is 20.0. The van der Waals surface area contributed by atoms with Crippen LogP contribution in [0.1, 0.15) is 105 Å². The topological polar surface area (TPSA) is 26.3 Å². The van der Waals surface area contributed by atoms with Gasteiger partial charge in [0.25, 0.3) is 0 Å². The van der Waals surface area contributed by atoms with Gasteiger partial charge in [0.05, 0.1) is 5.56 Å². The number of rotatable bonds is 7. The van der Waals surface area contributed by atoms with Crippen molar-refractivity contribution in [1.29, 1.82) is 0 Å². The molecule has 0 spiro atoms. The smallest absolute Gasteiger partial charge is 0.343 e. The fourth-order valence-electron chi connectivity index (χ4n) is 6.13. The van der Waals surface area contributed by atoms with Gasteiger partial charge < -0.3 is 4.74 Å². The van der Waals surface area contributed by atoms with Crippen molar-refractivity contribution < 1.29 is 9.53 Å². The largest absolute Gasteiger partial charge is 0.423 e. The third-order valence-corrected chi connectivity index (χ3v) is 8.19. The third-order valence-electron chi connectivity index (χ3n) is 8.19. The maximum atomic E-state index is 12.4. The van der Waals surface area contributed by atoms with Crippen LogP contribution in [0.2, 0.25) is 0 Å². The minimum atomic E-state index is -0.283. The van der Waals surface area contributed by atoms with Crippen LogP contribution in [0.5, 0.6) is 5.75 Å². The lowest BCUT2D eigenvalue weighted by Gasteiger charge is -2.38. The second-order valence-electron chi connectivity index (χ2n) is 10.2. The molecule has 172 valence electrons. The van der Waals surface area contributed by atoms with Crippen LogP contribution in [-0.2, 0) is 6.42 Å². The first-order valence-electron chi connectivity index (χ1n) is 13.1. The van der Waals surface area contributed by atoms with E-state index < -0.39 is 0 Å². The molecule has 0 radical (unpaired) electrons. The summed E-state index contributed by atoms with van der Waals surface area (Å²) in [7, 11) is 0. The van der Waals surface area contributed by atoms with Gasteiger partial charge in [-0.1, -0.05) is 63.8 Å². The van der Waals surface area contributed by atoms with Crippen LogP contribution in [0.4, 0.5) is 0 Å². The normalized spacial score (nSPS) is 25.9. The van der Waals surface area contributed by atoms with Crippen molar-refractivity contribution in [1.82, 2.24) is 0 Å². The lowest BCUT2D eigenvalue weighted by molar-refractivity contribution is 0.0734. The summed E-state index contributed by atoms with van der Waals surface area (Å²) in [5, 5.41) is 0. The number of carbonyl (C=O) groups excluding carboxylic acids is 1. The van der Waals surface area contributed by atoms with Crippen LogP contribution in [0.25, 0.3) is 0 Å². The number of hydrogen-bond donors (Lipinski definition) is 0. The summed E-state index contributed by atoms with van der Waals surface area (Å²) in [5.74, 6) is 3.96. The highest BCUT2D eigenvalue weighted by Gasteiger charge is 2.31. The quantitative estimate of drug-likeness (QED) is 0.324. The highest BCUT2D eigenvalue weighted by molar-refractivity contribution is 5.91. The third kappa shape index (κ3) is 5.82. The van der Waals surface area contributed by atoms with E-state index in [1.165, 1.54) is 75.3 Å². The highest BCUT2D eigenvalue weighted by atomic mass is 16.5. The molecule has 2 aliphatic rings. The standard InChI is InChI=1S/C30H40O2/c1-3-5-23-8-10-24(11-9-23)25-14-16-26(17-15-25)27-18-20-29(21-19-27)32-30(31)28-12-6-22(4-2)7-13-28/h6-7,12-13,18-21,23-26H,3-5,8-11,14-17H2,1-2H3. The predicted octanol–water partition coefficient (Wildman–Crippen LogP) is 8.35. The van der Waals surface area contributed by atoms with Gasteiger partial charge in [0.15, 0.2) is 0 Å². The zero-order valence-corrected chi connectivity index (χ0v) is 20.0. The van der Waals surface area contributed by atoms with Gasteiger partial charge in [0.2, 0.25) is 0 Å². The number of hydrogen-bond acceptors (Lipinski definition) is 2. The summed E-state index contributed by atoms with van der Waals surface area (Å²) in [4.78, 5) is 12.4. The van der Waals surface area contributed by atoms with Crippen molar-refractivity contribution in [3.05, 3.63) is 65.2 Å². The van der Waals surface area contributed by atoms with E-state index in [1.54, 1.807) is 0 Å². The molecule has 0 unspecified atom stereocenters. The summed E-state index contributed by atoms with van der Waals surface area (Å²) in [6.45, 7) is 4.44. The summed E-state index contributed by atoms with van der Waals surface area (Å²) in [5.41, 5.74) is 3.24. The van der Waals surface area contributed by atoms with E-state index in [2.05, 4.69) is 26.0 Å². The molecule has 0 bridgehead atoms. The van der Waals surface area contributed by atoms with E-state index >= 15 is 0 Å². The van der Waals surface area contributed by atoms with E-state index in [-0.39, 0.29) is 5.97 Å². The number of ether oxygens (including phenoxy) is 1. The van der Waals surface area contributed by atoms with Crippen LogP contribution in [0, 0.1) is 17.8 Å². The van der Waals surface area contributed by atoms with E-state index in [9.17, 15) is 4.79 Å². The Labute approximate surface area is 194 Å². The van der Waals surface area contributed by atoms with Crippen molar-refractivity contribution in [2.24, 2.45) is 17.8 Å². The molecule has 0 atom stereocenters. The van der Waals surface area contributed by atoms with Crippen LogP contribution in [0.3, 0.4) is 0 Å². The van der Waals surface area contributed by atoms with Gasteiger partial charge in [0, 0.05) is 0 Å². The number of carbonyl (C=O) groups is 1. The Bertz CT molecular complexity index is 835. The highest BCUT2D eigenvalue weighted by Crippen LogP contribution is 2.44. The second kappa shape index (κ2) is 11.2. The fraction of sp³-hybridized carbons (Fsp3) is 0.567. The summed E-state index contributed by atoms with van der Waals surface area (Å²) >= 11 is 0. The first-order chi connectivity index (χ1) is 15.7. The van der Waals surface area contributed by atoms with Crippen LogP contribution in [0.15, 0.2) is 48.5 Å². The molecule has 2 aromatic carbocycles. The number of esters is 1. The average Bonchev–Trinajstić information content (AvgIpc) is 2.85. The van der Waals surface area contributed by atoms with Gasteiger partial charge in [-0.3, -0.25) is 0 Å². The molecule has 0 aromatic heterocycles. The maximum absolute atomic E-state index is 12.4. The number of benzene rings is 2. The zero-order chi connectivity index (χ0) is 22.3. The second-order valence-corrected chi connectivity index (χ2v) is 10.2. The van der Waals surface area contributed by atoms with Gasteiger partial charge in [0.1, 0.15) is 5.75 Å². The molecule has 2 fully saturated rings. The number of aryl methyl sites for hydroxylation is 1. The Morgan fingerprint density at radius 2 is 1.38 bits per heavy atom. The minimum Gasteiger partial charge on any atom is -0.423 e. The molecule has 0 aliphatic heterocycles. The summed E-state index contributed by atoms with van der Waals surface area (Å²) in [6.07, 6.45) is 15.0. The Morgan fingerprint density at radius 3 is 1.94 bits per heavy atom. The molecule has 4 rings (SSSR count). The van der Waals surface area contributed by atoms with Crippen LogP contribution < -0.4 is 4.74 Å². The predicted molar refractivity (Wildman–Crippen MR) is 132 cm³/mol. The Hall–Kier alpha value is -2.09. The van der Waals surface area contributed by atoms with Crippen molar-refractivity contribution in [2.75, 3.05) is 0 Å². The molecule has 2 saturated carbocycles.